The maximum atomic E-state index is 14.5. The molecule has 4 heterocycles. The highest BCUT2D eigenvalue weighted by Gasteiger charge is 2.57. The van der Waals surface area contributed by atoms with E-state index >= 15 is 0 Å². The summed E-state index contributed by atoms with van der Waals surface area (Å²) in [6, 6.07) is 20.6. The summed E-state index contributed by atoms with van der Waals surface area (Å²) in [4.78, 5) is 31.4. The highest BCUT2D eigenvalue weighted by atomic mass is 16.7. The third-order valence-corrected chi connectivity index (χ3v) is 10.6. The van der Waals surface area contributed by atoms with Gasteiger partial charge in [-0.1, -0.05) is 60.7 Å². The van der Waals surface area contributed by atoms with Crippen LogP contribution in [0.15, 0.2) is 60.7 Å². The van der Waals surface area contributed by atoms with E-state index in [4.69, 9.17) is 14.2 Å². The van der Waals surface area contributed by atoms with E-state index in [1.807, 2.05) is 60.7 Å². The molecule has 8 nitrogen and oxygen atoms in total. The molecule has 0 saturated carbocycles. The van der Waals surface area contributed by atoms with E-state index < -0.39 is 17.7 Å². The van der Waals surface area contributed by atoms with Crippen LogP contribution in [-0.2, 0) is 24.6 Å². The fourth-order valence-electron chi connectivity index (χ4n) is 8.34. The summed E-state index contributed by atoms with van der Waals surface area (Å²) < 4.78 is 19.8. The van der Waals surface area contributed by atoms with Crippen molar-refractivity contribution in [2.45, 2.75) is 81.2 Å². The van der Waals surface area contributed by atoms with E-state index in [1.54, 1.807) is 4.90 Å². The molecule has 2 aromatic carbocycles. The molecule has 6 rings (SSSR count). The van der Waals surface area contributed by atoms with Gasteiger partial charge in [-0.15, -0.1) is 0 Å². The molecule has 2 unspecified atom stereocenters. The van der Waals surface area contributed by atoms with Crippen molar-refractivity contribution in [1.82, 2.24) is 9.80 Å². The van der Waals surface area contributed by atoms with Crippen molar-refractivity contribution in [2.75, 3.05) is 47.1 Å². The zero-order valence-electron chi connectivity index (χ0n) is 25.2. The van der Waals surface area contributed by atoms with Gasteiger partial charge >= 0.3 is 12.1 Å². The highest BCUT2D eigenvalue weighted by Crippen LogP contribution is 2.47. The molecule has 4 aliphatic rings. The zero-order chi connectivity index (χ0) is 29.2. The predicted octanol–water partition coefficient (Wildman–Crippen LogP) is 4.91. The molecule has 0 aliphatic carbocycles. The monoisotopic (exact) mass is 576 g/mol. The molecule has 2 bridgehead atoms. The largest absolute Gasteiger partial charge is 0.459 e. The highest BCUT2D eigenvalue weighted by molar-refractivity contribution is 5.86. The Kier molecular flexibility index (Phi) is 8.57. The first-order chi connectivity index (χ1) is 20.4. The van der Waals surface area contributed by atoms with Crippen molar-refractivity contribution in [2.24, 2.45) is 0 Å². The quantitative estimate of drug-likeness (QED) is 0.253. The van der Waals surface area contributed by atoms with Crippen molar-refractivity contribution < 1.29 is 28.3 Å². The first-order valence-electron chi connectivity index (χ1n) is 15.8. The van der Waals surface area contributed by atoms with Crippen molar-refractivity contribution in [3.05, 3.63) is 71.8 Å². The summed E-state index contributed by atoms with van der Waals surface area (Å²) in [6.45, 7) is 3.46. The Bertz CT molecular complexity index is 1150. The van der Waals surface area contributed by atoms with Crippen LogP contribution in [0.2, 0.25) is 0 Å². The van der Waals surface area contributed by atoms with Crippen LogP contribution >= 0.6 is 0 Å². The van der Waals surface area contributed by atoms with Gasteiger partial charge in [0.25, 0.3) is 0 Å². The van der Waals surface area contributed by atoms with Gasteiger partial charge in [-0.3, -0.25) is 0 Å². The van der Waals surface area contributed by atoms with Gasteiger partial charge in [-0.25, -0.2) is 9.59 Å². The predicted molar refractivity (Wildman–Crippen MR) is 160 cm³/mol. The number of esters is 1. The van der Waals surface area contributed by atoms with Crippen molar-refractivity contribution in [3.8, 4) is 0 Å². The molecule has 226 valence electrons. The topological polar surface area (TPSA) is 68.3 Å². The summed E-state index contributed by atoms with van der Waals surface area (Å²) in [6.07, 6.45) is 8.10. The maximum Gasteiger partial charge on any atom is 0.411 e. The fourth-order valence-corrected chi connectivity index (χ4v) is 8.34. The molecule has 4 fully saturated rings. The molecule has 0 radical (unpaired) electrons. The molecule has 8 heteroatoms. The van der Waals surface area contributed by atoms with E-state index in [0.29, 0.717) is 42.3 Å². The Labute approximate surface area is 250 Å². The molecular formula is C34H46N3O5+. The number of hydrogen-bond acceptors (Lipinski definition) is 6. The number of piperidine rings is 2. The van der Waals surface area contributed by atoms with Crippen LogP contribution in [0, 0.1) is 0 Å². The molecule has 0 N–H and O–H groups in total. The molecule has 1 amide bonds. The number of benzene rings is 2. The molecule has 1 spiro atoms. The lowest BCUT2D eigenvalue weighted by Gasteiger charge is -2.47. The zero-order valence-corrected chi connectivity index (χ0v) is 25.2. The lowest BCUT2D eigenvalue weighted by molar-refractivity contribution is -0.956. The minimum Gasteiger partial charge on any atom is -0.459 e. The molecule has 0 aromatic heterocycles. The van der Waals surface area contributed by atoms with Gasteiger partial charge in [-0.2, -0.15) is 0 Å². The fraction of sp³-hybridized carbons (Fsp3) is 0.588. The number of likely N-dealkylation sites (tertiary alicyclic amines) is 1. The van der Waals surface area contributed by atoms with E-state index in [2.05, 4.69) is 19.0 Å². The molecule has 4 aliphatic heterocycles. The van der Waals surface area contributed by atoms with Crippen LogP contribution in [0.3, 0.4) is 0 Å². The summed E-state index contributed by atoms with van der Waals surface area (Å²) in [5, 5.41) is 0. The number of carbonyl (C=O) groups excluding carboxylic acids is 2. The van der Waals surface area contributed by atoms with Gasteiger partial charge in [0.05, 0.1) is 25.2 Å². The minimum absolute atomic E-state index is 0.143. The molecule has 2 aromatic rings. The molecule has 42 heavy (non-hydrogen) atoms. The summed E-state index contributed by atoms with van der Waals surface area (Å²) in [5.74, 6) is -0.443. The van der Waals surface area contributed by atoms with E-state index in [-0.39, 0.29) is 12.9 Å². The first-order valence-corrected chi connectivity index (χ1v) is 15.8. The van der Waals surface area contributed by atoms with E-state index in [9.17, 15) is 9.59 Å². The third kappa shape index (κ3) is 5.45. The van der Waals surface area contributed by atoms with Gasteiger partial charge in [0, 0.05) is 57.7 Å². The lowest BCUT2D eigenvalue weighted by atomic mass is 9.85. The van der Waals surface area contributed by atoms with E-state index in [1.165, 1.54) is 43.3 Å². The Hall–Kier alpha value is -2.94. The average molecular weight is 577 g/mol. The molecule has 2 atom stereocenters. The Balaban J connectivity index is 1.21. The Morgan fingerprint density at radius 3 is 1.93 bits per heavy atom. The lowest BCUT2D eigenvalue weighted by Crippen LogP contribution is -2.60. The van der Waals surface area contributed by atoms with Crippen LogP contribution in [0.1, 0.15) is 62.5 Å². The SMILES string of the molecule is CN(C)C1CCN(C(=O)OCOC(C(=O)OC2CC3CCC(C2)[N+]32CCCC2)(c2ccccc2)c2ccccc2)CC1. The second-order valence-electron chi connectivity index (χ2n) is 12.9. The second-order valence-corrected chi connectivity index (χ2v) is 12.9. The normalized spacial score (nSPS) is 25.6. The smallest absolute Gasteiger partial charge is 0.411 e. The maximum absolute atomic E-state index is 14.5. The summed E-state index contributed by atoms with van der Waals surface area (Å²) >= 11 is 0. The van der Waals surface area contributed by atoms with Crippen LogP contribution < -0.4 is 0 Å². The van der Waals surface area contributed by atoms with Gasteiger partial charge in [0.2, 0.25) is 5.60 Å². The van der Waals surface area contributed by atoms with E-state index in [0.717, 1.165) is 25.7 Å². The number of quaternary nitrogens is 1. The van der Waals surface area contributed by atoms with Crippen LogP contribution in [0.5, 0.6) is 0 Å². The Morgan fingerprint density at radius 2 is 1.40 bits per heavy atom. The second kappa shape index (κ2) is 12.3. The van der Waals surface area contributed by atoms with Gasteiger partial charge in [-0.05, 0) is 38.1 Å². The number of carbonyl (C=O) groups is 2. The van der Waals surface area contributed by atoms with Crippen LogP contribution in [-0.4, -0.2) is 97.6 Å². The van der Waals surface area contributed by atoms with Crippen LogP contribution in [0.25, 0.3) is 0 Å². The summed E-state index contributed by atoms with van der Waals surface area (Å²) in [5.41, 5.74) is -0.242. The van der Waals surface area contributed by atoms with Crippen molar-refractivity contribution in [3.63, 3.8) is 0 Å². The van der Waals surface area contributed by atoms with Crippen molar-refractivity contribution in [1.29, 1.82) is 0 Å². The van der Waals surface area contributed by atoms with Gasteiger partial charge < -0.3 is 28.5 Å². The Morgan fingerprint density at radius 1 is 0.857 bits per heavy atom. The number of nitrogens with zero attached hydrogens (tertiary/aromatic N) is 3. The number of ether oxygens (including phenoxy) is 3. The number of hydrogen-bond donors (Lipinski definition) is 0. The number of rotatable bonds is 8. The summed E-state index contributed by atoms with van der Waals surface area (Å²) in [7, 11) is 4.14. The third-order valence-electron chi connectivity index (χ3n) is 10.6. The van der Waals surface area contributed by atoms with Gasteiger partial charge in [0.1, 0.15) is 6.10 Å². The average Bonchev–Trinajstić information content (AvgIpc) is 3.56. The first kappa shape index (κ1) is 29.1. The van der Waals surface area contributed by atoms with Crippen LogP contribution in [0.4, 0.5) is 4.79 Å². The standard InChI is InChI=1S/C34H46N3O5/c1-35(2)28-17-19-36(20-18-28)33(39)40-25-41-34(26-11-5-3-6-12-26,27-13-7-4-8-14-27)32(38)42-31-23-29-15-16-30(24-31)37(29)21-9-10-22-37/h3-8,11-14,28-31H,9-10,15-25H2,1-2H3/q+1. The molecular weight excluding hydrogens is 530 g/mol. The van der Waals surface area contributed by atoms with Gasteiger partial charge in [0.15, 0.2) is 6.79 Å². The minimum atomic E-state index is -1.56. The number of amides is 1. The van der Waals surface area contributed by atoms with Crippen molar-refractivity contribution >= 4 is 12.1 Å². The molecule has 4 saturated heterocycles.